The van der Waals surface area contributed by atoms with Crippen LogP contribution in [0.4, 0.5) is 0 Å². The number of benzene rings is 1. The summed E-state index contributed by atoms with van der Waals surface area (Å²) in [6.45, 7) is 4.26. The predicted molar refractivity (Wildman–Crippen MR) is 94.4 cm³/mol. The summed E-state index contributed by atoms with van der Waals surface area (Å²) in [6, 6.07) is 6.75. The van der Waals surface area contributed by atoms with Gasteiger partial charge in [0.15, 0.2) is 11.5 Å². The van der Waals surface area contributed by atoms with Gasteiger partial charge in [-0.05, 0) is 37.0 Å². The van der Waals surface area contributed by atoms with Crippen LogP contribution >= 0.6 is 0 Å². The summed E-state index contributed by atoms with van der Waals surface area (Å²) in [6.07, 6.45) is 6.19. The van der Waals surface area contributed by atoms with Crippen LogP contribution in [0.1, 0.15) is 37.7 Å². The Morgan fingerprint density at radius 3 is 2.71 bits per heavy atom. The lowest BCUT2D eigenvalue weighted by molar-refractivity contribution is 0.0267. The molecule has 134 valence electrons. The van der Waals surface area contributed by atoms with Gasteiger partial charge in [-0.2, -0.15) is 0 Å². The van der Waals surface area contributed by atoms with Gasteiger partial charge < -0.3 is 14.9 Å². The van der Waals surface area contributed by atoms with Crippen molar-refractivity contribution in [3.63, 3.8) is 0 Å². The number of phenolic OH excluding ortho intramolecular Hbond substituents is 1. The van der Waals surface area contributed by atoms with E-state index in [-0.39, 0.29) is 12.4 Å². The number of aliphatic hydroxyl groups excluding tert-OH is 1. The Kier molecular flexibility index (Phi) is 5.98. The van der Waals surface area contributed by atoms with Crippen molar-refractivity contribution < 1.29 is 14.9 Å². The zero-order chi connectivity index (χ0) is 16.9. The van der Waals surface area contributed by atoms with E-state index < -0.39 is 0 Å². The lowest BCUT2D eigenvalue weighted by Crippen LogP contribution is -2.55. The van der Waals surface area contributed by atoms with Gasteiger partial charge >= 0.3 is 0 Å². The molecule has 1 atom stereocenters. The van der Waals surface area contributed by atoms with E-state index in [0.717, 1.165) is 44.2 Å². The van der Waals surface area contributed by atoms with E-state index in [4.69, 9.17) is 4.74 Å². The molecule has 1 saturated heterocycles. The summed E-state index contributed by atoms with van der Waals surface area (Å²) in [5.41, 5.74) is 1.15. The monoisotopic (exact) mass is 334 g/mol. The third-order valence-corrected chi connectivity index (χ3v) is 5.52. The number of piperazine rings is 1. The molecular formula is C19H30N2O3. The molecule has 1 aromatic rings. The highest BCUT2D eigenvalue weighted by Crippen LogP contribution is 2.30. The minimum Gasteiger partial charge on any atom is -0.504 e. The summed E-state index contributed by atoms with van der Waals surface area (Å²) in [5.74, 6) is 0.717. The van der Waals surface area contributed by atoms with Crippen LogP contribution in [0.15, 0.2) is 18.2 Å². The Morgan fingerprint density at radius 1 is 1.21 bits per heavy atom. The summed E-state index contributed by atoms with van der Waals surface area (Å²) >= 11 is 0. The number of aliphatic hydroxyl groups is 1. The molecule has 5 heteroatoms. The molecule has 0 unspecified atom stereocenters. The fourth-order valence-corrected chi connectivity index (χ4v) is 4.28. The number of hydrogen-bond donors (Lipinski definition) is 2. The van der Waals surface area contributed by atoms with Gasteiger partial charge in [-0.1, -0.05) is 18.9 Å². The van der Waals surface area contributed by atoms with Crippen LogP contribution in [0.3, 0.4) is 0 Å². The number of nitrogens with zero attached hydrogens (tertiary/aromatic N) is 2. The molecule has 24 heavy (non-hydrogen) atoms. The highest BCUT2D eigenvalue weighted by Gasteiger charge is 2.32. The van der Waals surface area contributed by atoms with Gasteiger partial charge in [0.2, 0.25) is 0 Å². The molecule has 1 saturated carbocycles. The Morgan fingerprint density at radius 2 is 2.00 bits per heavy atom. The van der Waals surface area contributed by atoms with Gasteiger partial charge in [0.1, 0.15) is 0 Å². The number of aromatic hydroxyl groups is 1. The minimum atomic E-state index is 0.186. The van der Waals surface area contributed by atoms with E-state index in [1.165, 1.54) is 25.7 Å². The van der Waals surface area contributed by atoms with Crippen molar-refractivity contribution in [2.75, 3.05) is 33.4 Å². The molecule has 0 spiro atoms. The summed E-state index contributed by atoms with van der Waals surface area (Å²) < 4.78 is 5.21. The van der Waals surface area contributed by atoms with E-state index in [2.05, 4.69) is 9.80 Å². The number of phenols is 1. The van der Waals surface area contributed by atoms with Crippen LogP contribution in [0.2, 0.25) is 0 Å². The first kappa shape index (κ1) is 17.5. The predicted octanol–water partition coefficient (Wildman–Crippen LogP) is 2.21. The zero-order valence-electron chi connectivity index (χ0n) is 14.7. The van der Waals surface area contributed by atoms with Crippen molar-refractivity contribution >= 4 is 0 Å². The molecule has 2 N–H and O–H groups in total. The average Bonchev–Trinajstić information content (AvgIpc) is 3.11. The number of methoxy groups -OCH3 is 1. The SMILES string of the molecule is COc1cc(CN2CCN(C3CCCC3)[C@@H](CCO)C2)ccc1O. The third-order valence-electron chi connectivity index (χ3n) is 5.52. The van der Waals surface area contributed by atoms with E-state index >= 15 is 0 Å². The van der Waals surface area contributed by atoms with E-state index in [0.29, 0.717) is 11.8 Å². The minimum absolute atomic E-state index is 0.186. The molecule has 1 aromatic carbocycles. The van der Waals surface area contributed by atoms with Crippen LogP contribution in [-0.4, -0.2) is 65.4 Å². The van der Waals surface area contributed by atoms with Crippen LogP contribution in [0.5, 0.6) is 11.5 Å². The van der Waals surface area contributed by atoms with Gasteiger partial charge in [-0.3, -0.25) is 9.80 Å². The molecule has 1 aliphatic carbocycles. The van der Waals surface area contributed by atoms with E-state index in [1.54, 1.807) is 13.2 Å². The molecule has 0 bridgehead atoms. The van der Waals surface area contributed by atoms with Gasteiger partial charge in [-0.25, -0.2) is 0 Å². The second-order valence-electron chi connectivity index (χ2n) is 7.08. The summed E-state index contributed by atoms with van der Waals surface area (Å²) in [4.78, 5) is 5.11. The van der Waals surface area contributed by atoms with Gasteiger partial charge in [0.05, 0.1) is 7.11 Å². The van der Waals surface area contributed by atoms with Crippen molar-refractivity contribution in [3.05, 3.63) is 23.8 Å². The van der Waals surface area contributed by atoms with Crippen molar-refractivity contribution in [2.45, 2.75) is 50.7 Å². The Labute approximate surface area is 144 Å². The maximum atomic E-state index is 9.74. The van der Waals surface area contributed by atoms with Crippen LogP contribution in [0.25, 0.3) is 0 Å². The smallest absolute Gasteiger partial charge is 0.160 e. The molecule has 0 amide bonds. The third kappa shape index (κ3) is 4.02. The first-order chi connectivity index (χ1) is 11.7. The van der Waals surface area contributed by atoms with Crippen molar-refractivity contribution in [3.8, 4) is 11.5 Å². The van der Waals surface area contributed by atoms with Gasteiger partial charge in [-0.15, -0.1) is 0 Å². The fraction of sp³-hybridized carbons (Fsp3) is 0.684. The standard InChI is InChI=1S/C19H30N2O3/c1-24-19-12-15(6-7-18(19)23)13-20-9-10-21(16-4-2-3-5-16)17(14-20)8-11-22/h6-7,12,16-17,22-23H,2-5,8-11,13-14H2,1H3/t17-/m0/s1. The lowest BCUT2D eigenvalue weighted by Gasteiger charge is -2.44. The number of rotatable bonds is 6. The van der Waals surface area contributed by atoms with Crippen molar-refractivity contribution in [1.82, 2.24) is 9.80 Å². The number of ether oxygens (including phenoxy) is 1. The molecular weight excluding hydrogens is 304 g/mol. The largest absolute Gasteiger partial charge is 0.504 e. The lowest BCUT2D eigenvalue weighted by atomic mass is 10.0. The number of hydrogen-bond acceptors (Lipinski definition) is 5. The zero-order valence-corrected chi connectivity index (χ0v) is 14.7. The Balaban J connectivity index is 1.63. The molecule has 0 aromatic heterocycles. The topological polar surface area (TPSA) is 56.2 Å². The molecule has 1 aliphatic heterocycles. The average molecular weight is 334 g/mol. The van der Waals surface area contributed by atoms with Crippen molar-refractivity contribution in [1.29, 1.82) is 0 Å². The van der Waals surface area contributed by atoms with Crippen LogP contribution in [0, 0.1) is 0 Å². The highest BCUT2D eigenvalue weighted by atomic mass is 16.5. The quantitative estimate of drug-likeness (QED) is 0.835. The second-order valence-corrected chi connectivity index (χ2v) is 7.08. The Hall–Kier alpha value is -1.30. The highest BCUT2D eigenvalue weighted by molar-refractivity contribution is 5.41. The maximum absolute atomic E-state index is 9.74. The molecule has 2 aliphatic rings. The van der Waals surface area contributed by atoms with Crippen LogP contribution < -0.4 is 4.74 Å². The van der Waals surface area contributed by atoms with Gasteiger partial charge in [0.25, 0.3) is 0 Å². The first-order valence-corrected chi connectivity index (χ1v) is 9.16. The fourth-order valence-electron chi connectivity index (χ4n) is 4.28. The Bertz CT molecular complexity index is 531. The molecule has 0 radical (unpaired) electrons. The molecule has 1 heterocycles. The normalized spacial score (nSPS) is 23.7. The van der Waals surface area contributed by atoms with E-state index in [9.17, 15) is 10.2 Å². The summed E-state index contributed by atoms with van der Waals surface area (Å²) in [5, 5.41) is 19.2. The molecule has 3 rings (SSSR count). The second kappa shape index (κ2) is 8.19. The molecule has 5 nitrogen and oxygen atoms in total. The van der Waals surface area contributed by atoms with Crippen molar-refractivity contribution in [2.24, 2.45) is 0 Å². The van der Waals surface area contributed by atoms with Gasteiger partial charge in [0, 0.05) is 44.9 Å². The van der Waals surface area contributed by atoms with E-state index in [1.807, 2.05) is 12.1 Å². The maximum Gasteiger partial charge on any atom is 0.160 e. The first-order valence-electron chi connectivity index (χ1n) is 9.16. The summed E-state index contributed by atoms with van der Waals surface area (Å²) in [7, 11) is 1.58. The van der Waals surface area contributed by atoms with Crippen LogP contribution in [-0.2, 0) is 6.54 Å². The molecule has 2 fully saturated rings.